The highest BCUT2D eigenvalue weighted by molar-refractivity contribution is 9.10. The van der Waals surface area contributed by atoms with E-state index in [1.807, 2.05) is 30.3 Å². The van der Waals surface area contributed by atoms with Gasteiger partial charge in [-0.2, -0.15) is 0 Å². The van der Waals surface area contributed by atoms with Gasteiger partial charge in [-0.1, -0.05) is 59.3 Å². The van der Waals surface area contributed by atoms with Crippen molar-refractivity contribution in [2.45, 2.75) is 20.0 Å². The van der Waals surface area contributed by atoms with Gasteiger partial charge < -0.3 is 4.74 Å². The Morgan fingerprint density at radius 1 is 1.06 bits per heavy atom. The molecule has 2 rings (SSSR count). The number of hydrogen-bond donors (Lipinski definition) is 0. The smallest absolute Gasteiger partial charge is 0.124 e. The summed E-state index contributed by atoms with van der Waals surface area (Å²) >= 11 is 3.47. The lowest BCUT2D eigenvalue weighted by atomic mass is 10.1. The van der Waals surface area contributed by atoms with Crippen molar-refractivity contribution in [1.82, 2.24) is 0 Å². The van der Waals surface area contributed by atoms with Crippen molar-refractivity contribution in [1.29, 1.82) is 0 Å². The van der Waals surface area contributed by atoms with Gasteiger partial charge in [0.2, 0.25) is 0 Å². The zero-order chi connectivity index (χ0) is 12.1. The maximum absolute atomic E-state index is 5.86. The van der Waals surface area contributed by atoms with Crippen molar-refractivity contribution in [3.8, 4) is 5.75 Å². The maximum atomic E-state index is 5.86. The minimum Gasteiger partial charge on any atom is -0.489 e. The summed E-state index contributed by atoms with van der Waals surface area (Å²) in [6.45, 7) is 2.75. The Kier molecular flexibility index (Phi) is 4.21. The minimum absolute atomic E-state index is 0.615. The van der Waals surface area contributed by atoms with E-state index in [9.17, 15) is 0 Å². The highest BCUT2D eigenvalue weighted by Gasteiger charge is 2.03. The van der Waals surface area contributed by atoms with E-state index in [0.29, 0.717) is 6.61 Å². The Balaban J connectivity index is 2.11. The van der Waals surface area contributed by atoms with Gasteiger partial charge in [0.25, 0.3) is 0 Å². The highest BCUT2D eigenvalue weighted by atomic mass is 79.9. The molecule has 0 heterocycles. The predicted octanol–water partition coefficient (Wildman–Crippen LogP) is 4.59. The lowest BCUT2D eigenvalue weighted by Gasteiger charge is -2.11. The molecule has 0 saturated carbocycles. The minimum atomic E-state index is 0.615. The Hall–Kier alpha value is -1.28. The molecule has 1 nitrogen and oxygen atoms in total. The largest absolute Gasteiger partial charge is 0.489 e. The molecule has 17 heavy (non-hydrogen) atoms. The number of hydrogen-bond acceptors (Lipinski definition) is 1. The van der Waals surface area contributed by atoms with Crippen LogP contribution in [0.1, 0.15) is 18.1 Å². The molecule has 0 aromatic heterocycles. The molecule has 0 bridgehead atoms. The Labute approximate surface area is 111 Å². The molecular formula is C15H15BrO. The summed E-state index contributed by atoms with van der Waals surface area (Å²) in [6.07, 6.45) is 0.984. The van der Waals surface area contributed by atoms with Crippen molar-refractivity contribution in [2.24, 2.45) is 0 Å². The first-order valence-corrected chi connectivity index (χ1v) is 6.54. The third kappa shape index (κ3) is 3.34. The van der Waals surface area contributed by atoms with Crippen LogP contribution < -0.4 is 4.74 Å². The van der Waals surface area contributed by atoms with Gasteiger partial charge in [0.1, 0.15) is 12.4 Å². The van der Waals surface area contributed by atoms with Gasteiger partial charge in [-0.3, -0.25) is 0 Å². The molecule has 0 radical (unpaired) electrons. The van der Waals surface area contributed by atoms with Crippen LogP contribution in [-0.2, 0) is 13.0 Å². The molecule has 0 aliphatic carbocycles. The van der Waals surface area contributed by atoms with Crippen molar-refractivity contribution < 1.29 is 4.74 Å². The molecule has 0 spiro atoms. The van der Waals surface area contributed by atoms with E-state index >= 15 is 0 Å². The van der Waals surface area contributed by atoms with Crippen LogP contribution in [0.15, 0.2) is 53.0 Å². The average molecular weight is 291 g/mol. The van der Waals surface area contributed by atoms with Crippen LogP contribution in [0.2, 0.25) is 0 Å². The zero-order valence-corrected chi connectivity index (χ0v) is 11.4. The second kappa shape index (κ2) is 5.87. The second-order valence-electron chi connectivity index (χ2n) is 3.88. The van der Waals surface area contributed by atoms with E-state index in [1.165, 1.54) is 11.1 Å². The number of halogens is 1. The predicted molar refractivity (Wildman–Crippen MR) is 74.3 cm³/mol. The normalized spacial score (nSPS) is 10.2. The van der Waals surface area contributed by atoms with Gasteiger partial charge in [0.05, 0.1) is 0 Å². The van der Waals surface area contributed by atoms with Crippen LogP contribution in [0.5, 0.6) is 5.75 Å². The molecular weight excluding hydrogens is 276 g/mol. The summed E-state index contributed by atoms with van der Waals surface area (Å²) in [7, 11) is 0. The van der Waals surface area contributed by atoms with E-state index in [0.717, 1.165) is 16.6 Å². The van der Waals surface area contributed by atoms with Gasteiger partial charge in [0.15, 0.2) is 0 Å². The van der Waals surface area contributed by atoms with Crippen LogP contribution in [-0.4, -0.2) is 0 Å². The molecule has 0 unspecified atom stereocenters. The van der Waals surface area contributed by atoms with Gasteiger partial charge >= 0.3 is 0 Å². The molecule has 0 atom stereocenters. The average Bonchev–Trinajstić information content (AvgIpc) is 2.38. The van der Waals surface area contributed by atoms with Gasteiger partial charge in [-0.15, -0.1) is 0 Å². The van der Waals surface area contributed by atoms with Crippen LogP contribution in [0.25, 0.3) is 0 Å². The third-order valence-electron chi connectivity index (χ3n) is 2.65. The first kappa shape index (κ1) is 12.2. The van der Waals surface area contributed by atoms with E-state index in [1.54, 1.807) is 0 Å². The zero-order valence-electron chi connectivity index (χ0n) is 9.82. The lowest BCUT2D eigenvalue weighted by molar-refractivity contribution is 0.303. The third-order valence-corrected chi connectivity index (χ3v) is 3.14. The van der Waals surface area contributed by atoms with E-state index in [2.05, 4.69) is 41.1 Å². The Morgan fingerprint density at radius 2 is 1.82 bits per heavy atom. The lowest BCUT2D eigenvalue weighted by Crippen LogP contribution is -1.98. The molecule has 0 saturated heterocycles. The van der Waals surface area contributed by atoms with Crippen molar-refractivity contribution in [3.05, 3.63) is 64.1 Å². The molecule has 2 aromatic rings. The van der Waals surface area contributed by atoms with Crippen LogP contribution in [0, 0.1) is 0 Å². The molecule has 0 N–H and O–H groups in total. The summed E-state index contributed by atoms with van der Waals surface area (Å²) in [5, 5.41) is 0. The highest BCUT2D eigenvalue weighted by Crippen LogP contribution is 2.25. The SMILES string of the molecule is CCc1ccc(Br)cc1OCc1ccccc1. The van der Waals surface area contributed by atoms with E-state index < -0.39 is 0 Å². The number of aryl methyl sites for hydroxylation is 1. The second-order valence-corrected chi connectivity index (χ2v) is 4.80. The van der Waals surface area contributed by atoms with E-state index in [-0.39, 0.29) is 0 Å². The fourth-order valence-corrected chi connectivity index (χ4v) is 2.03. The fourth-order valence-electron chi connectivity index (χ4n) is 1.69. The number of rotatable bonds is 4. The number of ether oxygens (including phenoxy) is 1. The molecule has 0 fully saturated rings. The first-order chi connectivity index (χ1) is 8.29. The quantitative estimate of drug-likeness (QED) is 0.800. The molecule has 0 amide bonds. The van der Waals surface area contributed by atoms with Gasteiger partial charge in [-0.05, 0) is 29.7 Å². The van der Waals surface area contributed by atoms with Crippen molar-refractivity contribution >= 4 is 15.9 Å². The van der Waals surface area contributed by atoms with Crippen molar-refractivity contribution in [2.75, 3.05) is 0 Å². The summed E-state index contributed by atoms with van der Waals surface area (Å²) in [5.41, 5.74) is 2.43. The van der Waals surface area contributed by atoms with Crippen LogP contribution in [0.3, 0.4) is 0 Å². The fraction of sp³-hybridized carbons (Fsp3) is 0.200. The van der Waals surface area contributed by atoms with Gasteiger partial charge in [0, 0.05) is 4.47 Å². The van der Waals surface area contributed by atoms with Crippen LogP contribution >= 0.6 is 15.9 Å². The summed E-state index contributed by atoms with van der Waals surface area (Å²) in [6, 6.07) is 16.4. The van der Waals surface area contributed by atoms with Crippen LogP contribution in [0.4, 0.5) is 0 Å². The summed E-state index contributed by atoms with van der Waals surface area (Å²) < 4.78 is 6.92. The first-order valence-electron chi connectivity index (χ1n) is 5.74. The topological polar surface area (TPSA) is 9.23 Å². The molecule has 2 heteroatoms. The standard InChI is InChI=1S/C15H15BrO/c1-2-13-8-9-14(16)10-15(13)17-11-12-6-4-3-5-7-12/h3-10H,2,11H2,1H3. The molecule has 88 valence electrons. The molecule has 0 aliphatic rings. The summed E-state index contributed by atoms with van der Waals surface area (Å²) in [4.78, 5) is 0. The molecule has 2 aromatic carbocycles. The van der Waals surface area contributed by atoms with Crippen molar-refractivity contribution in [3.63, 3.8) is 0 Å². The monoisotopic (exact) mass is 290 g/mol. The summed E-state index contributed by atoms with van der Waals surface area (Å²) in [5.74, 6) is 0.964. The maximum Gasteiger partial charge on any atom is 0.124 e. The Bertz CT molecular complexity index is 480. The Morgan fingerprint density at radius 3 is 2.53 bits per heavy atom. The molecule has 0 aliphatic heterocycles. The van der Waals surface area contributed by atoms with E-state index in [4.69, 9.17) is 4.74 Å². The van der Waals surface area contributed by atoms with Gasteiger partial charge in [-0.25, -0.2) is 0 Å². The number of benzene rings is 2.